The largest absolute Gasteiger partial charge is 0.309 e. The minimum Gasteiger partial charge on any atom is -0.309 e. The number of nitrogens with zero attached hydrogens (tertiary/aromatic N) is 18. The Bertz CT molecular complexity index is 9490. The van der Waals surface area contributed by atoms with Crippen LogP contribution in [0.4, 0.5) is 0 Å². The molecule has 0 saturated carbocycles. The molecule has 13 aromatic heterocycles. The molecule has 0 unspecified atom stereocenters. The topological polar surface area (TPSA) is 179 Å². The molecule has 0 radical (unpaired) electrons. The lowest BCUT2D eigenvalue weighted by molar-refractivity contribution is 0.882. The average molecular weight is 1790 g/mol. The van der Waals surface area contributed by atoms with Crippen molar-refractivity contribution in [3.63, 3.8) is 0 Å². The number of fused-ring (bicyclic) bond motifs is 23. The average Bonchev–Trinajstić information content (AvgIpc) is 1.54. The van der Waals surface area contributed by atoms with Crippen LogP contribution >= 0.6 is 0 Å². The first-order valence-electron chi connectivity index (χ1n) is 46.5. The van der Waals surface area contributed by atoms with Gasteiger partial charge in [-0.25, -0.2) is 19.6 Å². The van der Waals surface area contributed by atoms with Crippen LogP contribution in [0.3, 0.4) is 0 Å². The third-order valence-electron chi connectivity index (χ3n) is 27.0. The molecule has 0 bridgehead atoms. The maximum Gasteiger partial charge on any atom is 0.240 e. The monoisotopic (exact) mass is 1790 g/mol. The summed E-state index contributed by atoms with van der Waals surface area (Å²) in [7, 11) is 0. The number of para-hydroxylation sites is 10. The Balaban J connectivity index is 0.000000113. The van der Waals surface area contributed by atoms with Gasteiger partial charge in [-0.2, -0.15) is 20.2 Å². The van der Waals surface area contributed by atoms with Crippen molar-refractivity contribution in [3.05, 3.63) is 467 Å². The number of hydrogen-bond donors (Lipinski definition) is 0. The van der Waals surface area contributed by atoms with E-state index in [1.54, 1.807) is 12.4 Å². The van der Waals surface area contributed by atoms with Crippen LogP contribution in [0.2, 0.25) is 0 Å². The van der Waals surface area contributed by atoms with Crippen LogP contribution in [-0.4, -0.2) is 81.6 Å². The second kappa shape index (κ2) is 32.9. The maximum absolute atomic E-state index is 9.83. The highest BCUT2D eigenvalue weighted by atomic mass is 15.4. The lowest BCUT2D eigenvalue weighted by atomic mass is 10.0. The van der Waals surface area contributed by atoms with E-state index in [0.717, 1.165) is 188 Å². The molecule has 0 fully saturated rings. The standard InChI is InChI=1S/C58H34N8.C34H22N4.C30H20N6/c59-35-36-27-29-37(30-28-36)56-60-57(65-50-25-13-9-21-42(50)46-33-31-44-40-19-7-11-23-48(40)63(52(44)54(46)65)38-15-3-1-4-16-38)62-58(61-56)66-51-26-14-10-22-43(51)47-34-32-45-41-20-8-12-24-49(41)64(53(45)55(47)66)39-17-5-2-6-18-39;1-3-17-31-27(13-1)29-15-7-19-35-33(29)37(31)25-11-5-9-23(21-25)24-10-6-12-26(22-24)38-32-18-4-2-14-28(32)30-16-8-20-36-34(30)38;1-3-16-27-23(12-1)24-13-2-4-17-28(24)35(27)21-10-9-11-22(20-21)36-30(26-15-6-8-19-32-26)33-29(34-36)25-14-5-7-18-31-25/h1-34H;1-22H;1-20H. The molecule has 0 saturated heterocycles. The molecule has 13 heterocycles. The highest BCUT2D eigenvalue weighted by Gasteiger charge is 2.29. The molecule has 654 valence electrons. The molecular weight excluding hydrogens is 1720 g/mol. The Morgan fingerprint density at radius 2 is 0.529 bits per heavy atom. The number of rotatable bonds is 12. The molecular formula is C122H76N18. The number of pyridine rings is 4. The van der Waals surface area contributed by atoms with Crippen LogP contribution in [0, 0.1) is 11.3 Å². The molecule has 0 spiro atoms. The summed E-state index contributed by atoms with van der Waals surface area (Å²) in [6, 6.07) is 154. The van der Waals surface area contributed by atoms with Crippen LogP contribution in [0.25, 0.3) is 244 Å². The summed E-state index contributed by atoms with van der Waals surface area (Å²) in [5.41, 5.74) is 26.2. The number of benzene rings is 16. The summed E-state index contributed by atoms with van der Waals surface area (Å²) in [4.78, 5) is 39.8. The van der Waals surface area contributed by atoms with Gasteiger partial charge in [0, 0.05) is 134 Å². The van der Waals surface area contributed by atoms with Crippen molar-refractivity contribution in [2.24, 2.45) is 0 Å². The van der Waals surface area contributed by atoms with Crippen molar-refractivity contribution in [1.82, 2.24) is 81.6 Å². The van der Waals surface area contributed by atoms with Crippen molar-refractivity contribution < 1.29 is 0 Å². The second-order valence-corrected chi connectivity index (χ2v) is 34.8. The molecule has 18 nitrogen and oxygen atoms in total. The normalized spacial score (nSPS) is 11.7. The van der Waals surface area contributed by atoms with E-state index in [9.17, 15) is 5.26 Å². The summed E-state index contributed by atoms with van der Waals surface area (Å²) >= 11 is 0. The smallest absolute Gasteiger partial charge is 0.240 e. The first kappa shape index (κ1) is 80.0. The summed E-state index contributed by atoms with van der Waals surface area (Å²) in [6.07, 6.45) is 7.25. The van der Waals surface area contributed by atoms with Gasteiger partial charge in [-0.15, -0.1) is 5.10 Å². The zero-order valence-corrected chi connectivity index (χ0v) is 74.9. The van der Waals surface area contributed by atoms with Crippen molar-refractivity contribution in [1.29, 1.82) is 5.26 Å². The van der Waals surface area contributed by atoms with Gasteiger partial charge in [0.1, 0.15) is 22.7 Å². The van der Waals surface area contributed by atoms with Gasteiger partial charge < -0.3 is 13.7 Å². The predicted molar refractivity (Wildman–Crippen MR) is 566 cm³/mol. The lowest BCUT2D eigenvalue weighted by Gasteiger charge is -2.15. The van der Waals surface area contributed by atoms with Crippen LogP contribution in [0.5, 0.6) is 0 Å². The van der Waals surface area contributed by atoms with E-state index in [1.165, 1.54) is 21.5 Å². The van der Waals surface area contributed by atoms with E-state index in [-0.39, 0.29) is 0 Å². The molecule has 0 N–H and O–H groups in total. The van der Waals surface area contributed by atoms with Gasteiger partial charge in [-0.3, -0.25) is 28.2 Å². The Labute approximate surface area is 799 Å². The molecule has 18 heteroatoms. The fourth-order valence-electron chi connectivity index (χ4n) is 21.0. The molecule has 16 aromatic carbocycles. The molecule has 29 rings (SSSR count). The fraction of sp³-hybridized carbons (Fsp3) is 0. The Hall–Kier alpha value is -19.6. The summed E-state index contributed by atoms with van der Waals surface area (Å²) in [6.45, 7) is 0. The zero-order valence-electron chi connectivity index (χ0n) is 74.9. The highest BCUT2D eigenvalue weighted by molar-refractivity contribution is 6.26. The molecule has 0 aliphatic carbocycles. The van der Waals surface area contributed by atoms with Crippen LogP contribution in [0.15, 0.2) is 462 Å². The molecule has 0 atom stereocenters. The van der Waals surface area contributed by atoms with Gasteiger partial charge in [-0.1, -0.05) is 249 Å². The van der Waals surface area contributed by atoms with E-state index in [4.69, 9.17) is 35.0 Å². The summed E-state index contributed by atoms with van der Waals surface area (Å²) in [5, 5.41) is 30.8. The molecule has 140 heavy (non-hydrogen) atoms. The SMILES string of the molecule is N#Cc1ccc(-c2nc(-n3c4ccccc4c4ccc5c6ccccc6n(-c6ccccc6)c5c43)nc(-n3c4ccccc4c4ccc5c6ccccc6n(-c6ccccc6)c5c43)n2)cc1.c1cc(-c2cccc(-n3c4ccccc4c4cccnc43)c2)cc(-n2c3ccccc3c3cccnc32)c1.c1ccc(-c2nc(-c3ccccn3)n(-c3cccc(-n4c5ccccc5c5ccccc54)c3)n2)nc1. The fourth-order valence-corrected chi connectivity index (χ4v) is 21.0. The maximum atomic E-state index is 9.83. The van der Waals surface area contributed by atoms with Crippen molar-refractivity contribution in [2.75, 3.05) is 0 Å². The lowest BCUT2D eigenvalue weighted by Crippen LogP contribution is -2.11. The van der Waals surface area contributed by atoms with Gasteiger partial charge in [0.25, 0.3) is 0 Å². The third kappa shape index (κ3) is 13.0. The van der Waals surface area contributed by atoms with Crippen LogP contribution < -0.4 is 0 Å². The summed E-state index contributed by atoms with van der Waals surface area (Å²) < 4.78 is 17.9. The quantitative estimate of drug-likeness (QED) is 0.114. The first-order valence-corrected chi connectivity index (χ1v) is 46.5. The van der Waals surface area contributed by atoms with Crippen LogP contribution in [0.1, 0.15) is 5.56 Å². The minimum absolute atomic E-state index is 0.477. The number of nitriles is 1. The minimum atomic E-state index is 0.477. The third-order valence-corrected chi connectivity index (χ3v) is 27.0. The van der Waals surface area contributed by atoms with Gasteiger partial charge in [0.05, 0.1) is 83.5 Å². The molecule has 0 aliphatic heterocycles. The van der Waals surface area contributed by atoms with Crippen molar-refractivity contribution >= 4 is 153 Å². The van der Waals surface area contributed by atoms with Crippen LogP contribution in [-0.2, 0) is 0 Å². The van der Waals surface area contributed by atoms with Crippen molar-refractivity contribution in [2.45, 2.75) is 0 Å². The number of aromatic nitrogens is 17. The van der Waals surface area contributed by atoms with Gasteiger partial charge in [-0.05, 0) is 199 Å². The second-order valence-electron chi connectivity index (χ2n) is 34.8. The van der Waals surface area contributed by atoms with Gasteiger partial charge in [0.2, 0.25) is 17.7 Å². The zero-order chi connectivity index (χ0) is 92.4. The highest BCUT2D eigenvalue weighted by Crippen LogP contribution is 2.47. The Kier molecular flexibility index (Phi) is 18.8. The predicted octanol–water partition coefficient (Wildman–Crippen LogP) is 28.6. The molecule has 0 amide bonds. The molecule has 0 aliphatic rings. The van der Waals surface area contributed by atoms with E-state index in [0.29, 0.717) is 40.6 Å². The van der Waals surface area contributed by atoms with Crippen molar-refractivity contribution in [3.8, 4) is 97.6 Å². The number of hydrogen-bond acceptors (Lipinski definition) is 10. The van der Waals surface area contributed by atoms with Gasteiger partial charge in [0.15, 0.2) is 11.6 Å². The van der Waals surface area contributed by atoms with E-state index < -0.39 is 0 Å². The molecule has 29 aromatic rings. The summed E-state index contributed by atoms with van der Waals surface area (Å²) in [5.74, 6) is 2.66. The van der Waals surface area contributed by atoms with E-state index >= 15 is 0 Å². The first-order chi connectivity index (χ1) is 69.5. The Morgan fingerprint density at radius 1 is 0.200 bits per heavy atom. The van der Waals surface area contributed by atoms with E-state index in [2.05, 4.69) is 406 Å². The van der Waals surface area contributed by atoms with Gasteiger partial charge >= 0.3 is 0 Å². The Morgan fingerprint density at radius 3 is 0.950 bits per heavy atom. The van der Waals surface area contributed by atoms with E-state index in [1.807, 2.05) is 95.9 Å².